The van der Waals surface area contributed by atoms with Gasteiger partial charge in [-0.15, -0.1) is 0 Å². The van der Waals surface area contributed by atoms with Crippen LogP contribution < -0.4 is 5.32 Å². The summed E-state index contributed by atoms with van der Waals surface area (Å²) in [7, 11) is 0. The number of nitrogens with one attached hydrogen (secondary N) is 2. The maximum absolute atomic E-state index is 14.4. The van der Waals surface area contributed by atoms with Crippen molar-refractivity contribution in [1.82, 2.24) is 14.8 Å². The number of halogens is 4. The Kier molecular flexibility index (Phi) is 6.98. The molecule has 0 amide bonds. The molecule has 194 valence electrons. The van der Waals surface area contributed by atoms with Crippen molar-refractivity contribution in [3.63, 3.8) is 0 Å². The van der Waals surface area contributed by atoms with E-state index in [-0.39, 0.29) is 18.5 Å². The van der Waals surface area contributed by atoms with E-state index in [1.54, 1.807) is 11.0 Å². The molecule has 0 spiro atoms. The summed E-state index contributed by atoms with van der Waals surface area (Å²) in [5.74, 6) is -3.61. The molecule has 3 N–H and O–H groups in total. The van der Waals surface area contributed by atoms with E-state index in [2.05, 4.69) is 15.2 Å². The summed E-state index contributed by atoms with van der Waals surface area (Å²) in [6.07, 6.45) is 1.09. The van der Waals surface area contributed by atoms with Crippen LogP contribution in [0.5, 0.6) is 0 Å². The molecule has 5 rings (SSSR count). The number of hydrogen-bond acceptors (Lipinski definition) is 4. The van der Waals surface area contributed by atoms with Gasteiger partial charge >= 0.3 is 0 Å². The predicted molar refractivity (Wildman–Crippen MR) is 133 cm³/mol. The smallest absolute Gasteiger partial charge is 0.283 e. The summed E-state index contributed by atoms with van der Waals surface area (Å²) in [5.41, 5.74) is 4.21. The molecule has 0 aliphatic carbocycles. The molecule has 2 aliphatic rings. The average Bonchev–Trinajstić information content (AvgIpc) is 3.18. The standard InChI is InChI=1S/C27H32F4N4O/c1-17-11-23-22-8-5-19(29)12-24(22)33-25(23)26(35(17)15-27(30,31)16-36)18-3-6-20(7-4-18)32-21-13-34(14-21)10-2-9-28/h3-8,12,17,21,26,32-33,36H,2,9-11,13-16H2,1H3. The van der Waals surface area contributed by atoms with Crippen molar-refractivity contribution in [3.8, 4) is 0 Å². The first-order valence-electron chi connectivity index (χ1n) is 12.5. The number of aromatic nitrogens is 1. The maximum Gasteiger partial charge on any atom is 0.283 e. The predicted octanol–water partition coefficient (Wildman–Crippen LogP) is 4.73. The molecule has 9 heteroatoms. The highest BCUT2D eigenvalue weighted by atomic mass is 19.3. The maximum atomic E-state index is 14.4. The molecule has 5 nitrogen and oxygen atoms in total. The highest BCUT2D eigenvalue weighted by molar-refractivity contribution is 5.85. The lowest BCUT2D eigenvalue weighted by molar-refractivity contribution is -0.0864. The van der Waals surface area contributed by atoms with Gasteiger partial charge < -0.3 is 15.4 Å². The van der Waals surface area contributed by atoms with Crippen molar-refractivity contribution in [2.75, 3.05) is 44.8 Å². The molecule has 1 aromatic heterocycles. The van der Waals surface area contributed by atoms with Crippen molar-refractivity contribution >= 4 is 16.6 Å². The Bertz CT molecular complexity index is 1190. The molecule has 0 saturated carbocycles. The second-order valence-corrected chi connectivity index (χ2v) is 10.1. The number of hydrogen-bond donors (Lipinski definition) is 3. The molecule has 0 radical (unpaired) electrons. The minimum Gasteiger partial charge on any atom is -0.390 e. The van der Waals surface area contributed by atoms with Gasteiger partial charge in [-0.25, -0.2) is 13.2 Å². The van der Waals surface area contributed by atoms with E-state index in [0.717, 1.165) is 47.5 Å². The molecule has 2 unspecified atom stereocenters. The van der Waals surface area contributed by atoms with Gasteiger partial charge in [0.05, 0.1) is 25.3 Å². The van der Waals surface area contributed by atoms with Crippen molar-refractivity contribution in [3.05, 3.63) is 65.1 Å². The highest BCUT2D eigenvalue weighted by Gasteiger charge is 2.41. The van der Waals surface area contributed by atoms with Crippen LogP contribution in [0.2, 0.25) is 0 Å². The van der Waals surface area contributed by atoms with E-state index in [4.69, 9.17) is 0 Å². The first kappa shape index (κ1) is 25.0. The molecule has 3 heterocycles. The van der Waals surface area contributed by atoms with Gasteiger partial charge in [-0.1, -0.05) is 12.1 Å². The lowest BCUT2D eigenvalue weighted by Crippen LogP contribution is -2.54. The number of aromatic amines is 1. The normalized spacial score (nSPS) is 21.5. The fourth-order valence-electron chi connectivity index (χ4n) is 5.58. The Balaban J connectivity index is 1.43. The van der Waals surface area contributed by atoms with Gasteiger partial charge in [0.1, 0.15) is 12.4 Å². The number of likely N-dealkylation sites (tertiary alicyclic amines) is 1. The number of alkyl halides is 3. The minimum atomic E-state index is -3.25. The molecular weight excluding hydrogens is 472 g/mol. The number of anilines is 1. The van der Waals surface area contributed by atoms with E-state index in [0.29, 0.717) is 24.4 Å². The zero-order valence-electron chi connectivity index (χ0n) is 20.3. The van der Waals surface area contributed by atoms with Gasteiger partial charge in [0.15, 0.2) is 0 Å². The summed E-state index contributed by atoms with van der Waals surface area (Å²) >= 11 is 0. The van der Waals surface area contributed by atoms with E-state index in [9.17, 15) is 22.7 Å². The van der Waals surface area contributed by atoms with Gasteiger partial charge in [0.25, 0.3) is 5.92 Å². The van der Waals surface area contributed by atoms with E-state index in [1.807, 2.05) is 31.2 Å². The van der Waals surface area contributed by atoms with Crippen LogP contribution in [0.3, 0.4) is 0 Å². The third kappa shape index (κ3) is 4.96. The summed E-state index contributed by atoms with van der Waals surface area (Å²) in [6, 6.07) is 11.9. The van der Waals surface area contributed by atoms with Crippen LogP contribution >= 0.6 is 0 Å². The number of fused-ring (bicyclic) bond motifs is 3. The van der Waals surface area contributed by atoms with Gasteiger partial charge in [0.2, 0.25) is 0 Å². The second-order valence-electron chi connectivity index (χ2n) is 10.1. The monoisotopic (exact) mass is 504 g/mol. The molecule has 36 heavy (non-hydrogen) atoms. The Labute approximate surface area is 208 Å². The quantitative estimate of drug-likeness (QED) is 0.369. The Hall–Kier alpha value is -2.62. The van der Waals surface area contributed by atoms with Crippen LogP contribution in [-0.4, -0.2) is 77.4 Å². The Morgan fingerprint density at radius 1 is 1.14 bits per heavy atom. The van der Waals surface area contributed by atoms with E-state index < -0.39 is 25.1 Å². The van der Waals surface area contributed by atoms with Gasteiger partial charge in [-0.05, 0) is 61.2 Å². The molecule has 1 fully saturated rings. The number of aliphatic hydroxyl groups is 1. The van der Waals surface area contributed by atoms with Crippen molar-refractivity contribution in [2.24, 2.45) is 0 Å². The number of H-pyrrole nitrogens is 1. The van der Waals surface area contributed by atoms with E-state index in [1.165, 1.54) is 12.1 Å². The van der Waals surface area contributed by atoms with Crippen LogP contribution in [0.25, 0.3) is 10.9 Å². The molecule has 1 saturated heterocycles. The van der Waals surface area contributed by atoms with Crippen LogP contribution in [0.4, 0.5) is 23.2 Å². The van der Waals surface area contributed by atoms with Gasteiger partial charge in [-0.3, -0.25) is 14.2 Å². The second kappa shape index (κ2) is 10.0. The van der Waals surface area contributed by atoms with Crippen LogP contribution in [0, 0.1) is 5.82 Å². The molecule has 2 atom stereocenters. The molecule has 0 bridgehead atoms. The average molecular weight is 505 g/mol. The summed E-state index contributed by atoms with van der Waals surface area (Å²) in [6.45, 7) is 2.28. The lowest BCUT2D eigenvalue weighted by atomic mass is 9.88. The van der Waals surface area contributed by atoms with Gasteiger partial charge in [0, 0.05) is 48.0 Å². The van der Waals surface area contributed by atoms with Crippen LogP contribution in [-0.2, 0) is 6.42 Å². The zero-order chi connectivity index (χ0) is 25.4. The van der Waals surface area contributed by atoms with Gasteiger partial charge in [-0.2, -0.15) is 0 Å². The number of benzene rings is 2. The number of nitrogens with zero attached hydrogens (tertiary/aromatic N) is 2. The topological polar surface area (TPSA) is 54.5 Å². The third-order valence-corrected chi connectivity index (χ3v) is 7.38. The van der Waals surface area contributed by atoms with Crippen LogP contribution in [0.1, 0.15) is 36.2 Å². The molecule has 2 aromatic carbocycles. The zero-order valence-corrected chi connectivity index (χ0v) is 20.3. The number of rotatable bonds is 9. The third-order valence-electron chi connectivity index (χ3n) is 7.38. The van der Waals surface area contributed by atoms with Crippen LogP contribution in [0.15, 0.2) is 42.5 Å². The fraction of sp³-hybridized carbons (Fsp3) is 0.481. The largest absolute Gasteiger partial charge is 0.390 e. The summed E-state index contributed by atoms with van der Waals surface area (Å²) < 4.78 is 55.1. The van der Waals surface area contributed by atoms with Crippen molar-refractivity contribution in [1.29, 1.82) is 0 Å². The minimum absolute atomic E-state index is 0.216. The first-order chi connectivity index (χ1) is 17.3. The lowest BCUT2D eigenvalue weighted by Gasteiger charge is -2.42. The van der Waals surface area contributed by atoms with Crippen molar-refractivity contribution in [2.45, 2.75) is 43.8 Å². The fourth-order valence-corrected chi connectivity index (χ4v) is 5.58. The Morgan fingerprint density at radius 2 is 1.89 bits per heavy atom. The SMILES string of the molecule is CC1Cc2c([nH]c3cc(F)ccc23)C(c2ccc(NC3CN(CCCF)C3)cc2)N1CC(F)(F)CO. The molecular formula is C27H32F4N4O. The van der Waals surface area contributed by atoms with E-state index >= 15 is 0 Å². The first-order valence-corrected chi connectivity index (χ1v) is 12.5. The molecule has 2 aliphatic heterocycles. The van der Waals surface area contributed by atoms with Crippen molar-refractivity contribution < 1.29 is 22.7 Å². The Morgan fingerprint density at radius 3 is 2.58 bits per heavy atom. The highest BCUT2D eigenvalue weighted by Crippen LogP contribution is 2.42. The molecule has 3 aromatic rings. The summed E-state index contributed by atoms with van der Waals surface area (Å²) in [5, 5.41) is 13.6. The summed E-state index contributed by atoms with van der Waals surface area (Å²) in [4.78, 5) is 7.24. The number of aliphatic hydroxyl groups excluding tert-OH is 1.